The summed E-state index contributed by atoms with van der Waals surface area (Å²) in [6.45, 7) is 0. The van der Waals surface area contributed by atoms with Gasteiger partial charge in [-0.15, -0.1) is 0 Å². The molecule has 0 saturated heterocycles. The molecule has 0 aliphatic rings. The van der Waals surface area contributed by atoms with Gasteiger partial charge in [0.25, 0.3) is 0 Å². The van der Waals surface area contributed by atoms with Crippen LogP contribution in [-0.4, -0.2) is 9.97 Å². The van der Waals surface area contributed by atoms with E-state index < -0.39 is 0 Å². The molecule has 0 bridgehead atoms. The number of halogens is 1. The number of thiophene rings is 1. The highest BCUT2D eigenvalue weighted by atomic mass is 79.9. The number of nitrogens with zero attached hydrogens (tertiary/aromatic N) is 1. The Balaban J connectivity index is 2.55. The summed E-state index contributed by atoms with van der Waals surface area (Å²) in [6, 6.07) is 2.01. The van der Waals surface area contributed by atoms with E-state index in [0.717, 1.165) is 15.9 Å². The van der Waals surface area contributed by atoms with Crippen molar-refractivity contribution in [3.8, 4) is 11.4 Å². The zero-order valence-electron chi connectivity index (χ0n) is 6.45. The monoisotopic (exact) mass is 272 g/mol. The molecular formula is C8H5BrN2S2. The molecule has 66 valence electrons. The molecule has 5 heteroatoms. The molecule has 0 saturated carbocycles. The molecule has 1 N–H and O–H groups in total. The van der Waals surface area contributed by atoms with Crippen molar-refractivity contribution in [3.63, 3.8) is 0 Å². The van der Waals surface area contributed by atoms with Crippen LogP contribution < -0.4 is 0 Å². The largest absolute Gasteiger partial charge is 0.330 e. The van der Waals surface area contributed by atoms with E-state index in [-0.39, 0.29) is 0 Å². The molecular weight excluding hydrogens is 268 g/mol. The molecule has 0 atom stereocenters. The molecule has 13 heavy (non-hydrogen) atoms. The Morgan fingerprint density at radius 2 is 2.38 bits per heavy atom. The Morgan fingerprint density at radius 1 is 1.54 bits per heavy atom. The topological polar surface area (TPSA) is 28.7 Å². The first kappa shape index (κ1) is 9.05. The van der Waals surface area contributed by atoms with Crippen LogP contribution in [-0.2, 0) is 0 Å². The molecule has 0 aromatic carbocycles. The van der Waals surface area contributed by atoms with E-state index in [1.54, 1.807) is 17.5 Å². The Bertz CT molecular complexity index is 461. The third-order valence-electron chi connectivity index (χ3n) is 1.55. The number of aromatic amines is 1. The first-order chi connectivity index (χ1) is 6.27. The van der Waals surface area contributed by atoms with Gasteiger partial charge in [0, 0.05) is 17.1 Å². The van der Waals surface area contributed by atoms with Crippen LogP contribution in [0.1, 0.15) is 0 Å². The van der Waals surface area contributed by atoms with Crippen molar-refractivity contribution >= 4 is 39.5 Å². The van der Waals surface area contributed by atoms with Gasteiger partial charge in [-0.2, -0.15) is 11.3 Å². The molecule has 2 nitrogen and oxygen atoms in total. The van der Waals surface area contributed by atoms with E-state index in [1.165, 1.54) is 0 Å². The first-order valence-electron chi connectivity index (χ1n) is 3.55. The Hall–Kier alpha value is -0.520. The second-order valence-electron chi connectivity index (χ2n) is 2.42. The minimum atomic E-state index is 0.677. The van der Waals surface area contributed by atoms with E-state index in [4.69, 9.17) is 12.2 Å². The third-order valence-corrected chi connectivity index (χ3v) is 3.42. The number of hydrogen-bond donors (Lipinski definition) is 1. The minimum absolute atomic E-state index is 0.677. The van der Waals surface area contributed by atoms with Crippen LogP contribution in [0, 0.1) is 4.64 Å². The maximum absolute atomic E-state index is 5.08. The second kappa shape index (κ2) is 3.69. The number of H-pyrrole nitrogens is 1. The highest BCUT2D eigenvalue weighted by Crippen LogP contribution is 2.19. The van der Waals surface area contributed by atoms with Crippen molar-refractivity contribution in [3.05, 3.63) is 32.1 Å². The second-order valence-corrected chi connectivity index (χ2v) is 4.46. The summed E-state index contributed by atoms with van der Waals surface area (Å²) in [6.07, 6.45) is 1.71. The summed E-state index contributed by atoms with van der Waals surface area (Å²) in [5.41, 5.74) is 1.07. The average Bonchev–Trinajstić information content (AvgIpc) is 2.62. The standard InChI is InChI=1S/C8H5BrN2S2/c9-6-3-10-7(11-8(6)12)5-1-2-13-4-5/h1-4H,(H,10,11,12). The van der Waals surface area contributed by atoms with Crippen LogP contribution in [0.2, 0.25) is 0 Å². The van der Waals surface area contributed by atoms with Gasteiger partial charge in [-0.3, -0.25) is 0 Å². The molecule has 0 aliphatic carbocycles. The van der Waals surface area contributed by atoms with Gasteiger partial charge in [-0.1, -0.05) is 12.2 Å². The lowest BCUT2D eigenvalue weighted by atomic mass is 10.3. The molecule has 2 aromatic heterocycles. The quantitative estimate of drug-likeness (QED) is 0.804. The van der Waals surface area contributed by atoms with E-state index >= 15 is 0 Å². The summed E-state index contributed by atoms with van der Waals surface area (Å²) in [4.78, 5) is 7.26. The van der Waals surface area contributed by atoms with Gasteiger partial charge in [0.05, 0.1) is 4.47 Å². The number of aromatic nitrogens is 2. The van der Waals surface area contributed by atoms with Crippen molar-refractivity contribution in [2.45, 2.75) is 0 Å². The van der Waals surface area contributed by atoms with Gasteiger partial charge in [-0.05, 0) is 27.4 Å². The Morgan fingerprint density at radius 3 is 3.00 bits per heavy atom. The summed E-state index contributed by atoms with van der Waals surface area (Å²) >= 11 is 10.0. The fourth-order valence-electron chi connectivity index (χ4n) is 0.925. The van der Waals surface area contributed by atoms with Crippen molar-refractivity contribution in [2.24, 2.45) is 0 Å². The maximum Gasteiger partial charge on any atom is 0.139 e. The fourth-order valence-corrected chi connectivity index (χ4v) is 1.92. The van der Waals surface area contributed by atoms with Crippen molar-refractivity contribution in [1.82, 2.24) is 9.97 Å². The Labute approximate surface area is 92.8 Å². The minimum Gasteiger partial charge on any atom is -0.330 e. The van der Waals surface area contributed by atoms with Gasteiger partial charge in [-0.25, -0.2) is 4.98 Å². The molecule has 2 aromatic rings. The summed E-state index contributed by atoms with van der Waals surface area (Å²) in [5, 5.41) is 4.04. The summed E-state index contributed by atoms with van der Waals surface area (Å²) in [5.74, 6) is 0.814. The Kier molecular flexibility index (Phi) is 2.57. The highest BCUT2D eigenvalue weighted by Gasteiger charge is 2.00. The summed E-state index contributed by atoms with van der Waals surface area (Å²) < 4.78 is 1.50. The third kappa shape index (κ3) is 1.87. The van der Waals surface area contributed by atoms with Crippen LogP contribution in [0.3, 0.4) is 0 Å². The van der Waals surface area contributed by atoms with E-state index in [0.29, 0.717) is 4.64 Å². The highest BCUT2D eigenvalue weighted by molar-refractivity contribution is 9.10. The van der Waals surface area contributed by atoms with Gasteiger partial charge in [0.2, 0.25) is 0 Å². The molecule has 2 heterocycles. The smallest absolute Gasteiger partial charge is 0.139 e. The molecule has 0 amide bonds. The van der Waals surface area contributed by atoms with Gasteiger partial charge < -0.3 is 4.98 Å². The number of nitrogens with one attached hydrogen (secondary N) is 1. The number of hydrogen-bond acceptors (Lipinski definition) is 3. The van der Waals surface area contributed by atoms with Crippen molar-refractivity contribution in [2.75, 3.05) is 0 Å². The first-order valence-corrected chi connectivity index (χ1v) is 5.69. The lowest BCUT2D eigenvalue weighted by Gasteiger charge is -1.97. The lowest BCUT2D eigenvalue weighted by molar-refractivity contribution is 1.15. The van der Waals surface area contributed by atoms with E-state index in [1.807, 2.05) is 16.8 Å². The average molecular weight is 273 g/mol. The zero-order chi connectivity index (χ0) is 9.26. The van der Waals surface area contributed by atoms with Crippen molar-refractivity contribution in [1.29, 1.82) is 0 Å². The predicted octanol–water partition coefficient (Wildman–Crippen LogP) is 3.63. The molecule has 0 radical (unpaired) electrons. The van der Waals surface area contributed by atoms with Crippen LogP contribution in [0.15, 0.2) is 27.5 Å². The molecule has 2 rings (SSSR count). The van der Waals surface area contributed by atoms with E-state index in [9.17, 15) is 0 Å². The maximum atomic E-state index is 5.08. The van der Waals surface area contributed by atoms with Crippen LogP contribution in [0.5, 0.6) is 0 Å². The van der Waals surface area contributed by atoms with E-state index in [2.05, 4.69) is 25.9 Å². The number of rotatable bonds is 1. The van der Waals surface area contributed by atoms with Gasteiger partial charge >= 0.3 is 0 Å². The van der Waals surface area contributed by atoms with Crippen LogP contribution in [0.4, 0.5) is 0 Å². The predicted molar refractivity (Wildman–Crippen MR) is 60.4 cm³/mol. The zero-order valence-corrected chi connectivity index (χ0v) is 9.67. The summed E-state index contributed by atoms with van der Waals surface area (Å²) in [7, 11) is 0. The van der Waals surface area contributed by atoms with Crippen molar-refractivity contribution < 1.29 is 0 Å². The molecule has 0 spiro atoms. The molecule has 0 unspecified atom stereocenters. The SMILES string of the molecule is S=c1[nH]c(-c2ccsc2)ncc1Br. The normalized spacial score (nSPS) is 10.2. The van der Waals surface area contributed by atoms with Gasteiger partial charge in [0.15, 0.2) is 0 Å². The van der Waals surface area contributed by atoms with Gasteiger partial charge in [0.1, 0.15) is 10.5 Å². The molecule has 0 aliphatic heterocycles. The lowest BCUT2D eigenvalue weighted by Crippen LogP contribution is -1.87. The molecule has 0 fully saturated rings. The fraction of sp³-hybridized carbons (Fsp3) is 0. The van der Waals surface area contributed by atoms with Crippen LogP contribution in [0.25, 0.3) is 11.4 Å². The van der Waals surface area contributed by atoms with Crippen LogP contribution >= 0.6 is 39.5 Å².